The van der Waals surface area contributed by atoms with Crippen LogP contribution in [-0.2, 0) is 0 Å². The van der Waals surface area contributed by atoms with E-state index < -0.39 is 16.7 Å². The van der Waals surface area contributed by atoms with Crippen molar-refractivity contribution in [2.24, 2.45) is 0 Å². The maximum Gasteiger partial charge on any atom is 0.272 e. The molecule has 0 aliphatic heterocycles. The zero-order valence-corrected chi connectivity index (χ0v) is 17.8. The minimum atomic E-state index is -0.618. The average Bonchev–Trinajstić information content (AvgIpc) is 2.73. The van der Waals surface area contributed by atoms with Gasteiger partial charge in [-0.15, -0.1) is 0 Å². The minimum Gasteiger partial charge on any atom is -0.490 e. The third-order valence-corrected chi connectivity index (χ3v) is 4.12. The third kappa shape index (κ3) is 5.84. The number of benzene rings is 2. The van der Waals surface area contributed by atoms with Crippen LogP contribution in [0, 0.1) is 17.0 Å². The van der Waals surface area contributed by atoms with Gasteiger partial charge in [-0.1, -0.05) is 0 Å². The van der Waals surface area contributed by atoms with Crippen LogP contribution in [-0.4, -0.2) is 36.6 Å². The van der Waals surface area contributed by atoms with Gasteiger partial charge < -0.3 is 14.2 Å². The van der Waals surface area contributed by atoms with Gasteiger partial charge in [0, 0.05) is 22.8 Å². The van der Waals surface area contributed by atoms with E-state index in [4.69, 9.17) is 14.2 Å². The second-order valence-electron chi connectivity index (χ2n) is 6.27. The second kappa shape index (κ2) is 10.8. The Labute approximate surface area is 179 Å². The standard InChI is InChI=1S/C21H25N3O7/c1-5-29-17-11-15(12-18(30-6-2)19(17)31-7-3)21(26)23-22-20(25)14-8-9-16(24(27)28)13(4)10-14/h8-12H,5-7H2,1-4H3,(H,22,25)(H,23,26). The fourth-order valence-electron chi connectivity index (χ4n) is 2.78. The predicted molar refractivity (Wildman–Crippen MR) is 113 cm³/mol. The summed E-state index contributed by atoms with van der Waals surface area (Å²) in [4.78, 5) is 35.3. The number of hydrogen-bond donors (Lipinski definition) is 2. The minimum absolute atomic E-state index is 0.0955. The molecule has 0 aliphatic rings. The highest BCUT2D eigenvalue weighted by atomic mass is 16.6. The van der Waals surface area contributed by atoms with Crippen molar-refractivity contribution in [3.8, 4) is 17.2 Å². The number of carbonyl (C=O) groups excluding carboxylic acids is 2. The summed E-state index contributed by atoms with van der Waals surface area (Å²) in [6.45, 7) is 8.04. The molecule has 0 bridgehead atoms. The summed E-state index contributed by atoms with van der Waals surface area (Å²) in [7, 11) is 0. The Morgan fingerprint density at radius 2 is 1.39 bits per heavy atom. The SMILES string of the molecule is CCOc1cc(C(=O)NNC(=O)c2ccc([N+](=O)[O-])c(C)c2)cc(OCC)c1OCC. The maximum absolute atomic E-state index is 12.6. The van der Waals surface area contributed by atoms with E-state index in [1.165, 1.54) is 37.3 Å². The van der Waals surface area contributed by atoms with Crippen molar-refractivity contribution in [1.82, 2.24) is 10.9 Å². The van der Waals surface area contributed by atoms with E-state index in [2.05, 4.69) is 10.9 Å². The largest absolute Gasteiger partial charge is 0.490 e. The molecular formula is C21H25N3O7. The van der Waals surface area contributed by atoms with Crippen molar-refractivity contribution >= 4 is 17.5 Å². The van der Waals surface area contributed by atoms with E-state index >= 15 is 0 Å². The number of hydrogen-bond acceptors (Lipinski definition) is 7. The van der Waals surface area contributed by atoms with Crippen LogP contribution < -0.4 is 25.1 Å². The smallest absolute Gasteiger partial charge is 0.272 e. The topological polar surface area (TPSA) is 129 Å². The zero-order chi connectivity index (χ0) is 23.0. The zero-order valence-electron chi connectivity index (χ0n) is 17.8. The lowest BCUT2D eigenvalue weighted by molar-refractivity contribution is -0.385. The first-order valence-electron chi connectivity index (χ1n) is 9.74. The lowest BCUT2D eigenvalue weighted by atomic mass is 10.1. The number of nitrogens with zero attached hydrogens (tertiary/aromatic N) is 1. The molecule has 2 N–H and O–H groups in total. The van der Waals surface area contributed by atoms with Crippen molar-refractivity contribution in [2.75, 3.05) is 19.8 Å². The van der Waals surface area contributed by atoms with Crippen LogP contribution in [0.25, 0.3) is 0 Å². The van der Waals surface area contributed by atoms with Crippen LogP contribution in [0.3, 0.4) is 0 Å². The van der Waals surface area contributed by atoms with Crippen molar-refractivity contribution in [1.29, 1.82) is 0 Å². The number of rotatable bonds is 9. The summed E-state index contributed by atoms with van der Waals surface area (Å²) < 4.78 is 16.8. The molecule has 31 heavy (non-hydrogen) atoms. The van der Waals surface area contributed by atoms with Crippen molar-refractivity contribution in [3.05, 3.63) is 57.1 Å². The number of amides is 2. The molecule has 0 unspecified atom stereocenters. The Balaban J connectivity index is 2.20. The van der Waals surface area contributed by atoms with E-state index in [0.717, 1.165) is 0 Å². The number of carbonyl (C=O) groups is 2. The molecule has 0 saturated carbocycles. The van der Waals surface area contributed by atoms with E-state index in [9.17, 15) is 19.7 Å². The number of aryl methyl sites for hydroxylation is 1. The van der Waals surface area contributed by atoms with Gasteiger partial charge in [0.1, 0.15) is 0 Å². The molecule has 0 atom stereocenters. The molecule has 2 aromatic rings. The highest BCUT2D eigenvalue weighted by Crippen LogP contribution is 2.39. The molecule has 0 radical (unpaired) electrons. The Morgan fingerprint density at radius 1 is 0.871 bits per heavy atom. The maximum atomic E-state index is 12.6. The lowest BCUT2D eigenvalue weighted by Gasteiger charge is -2.17. The van der Waals surface area contributed by atoms with Gasteiger partial charge >= 0.3 is 0 Å². The summed E-state index contributed by atoms with van der Waals surface area (Å²) in [6, 6.07) is 6.91. The van der Waals surface area contributed by atoms with Gasteiger partial charge in [0.25, 0.3) is 17.5 Å². The first-order chi connectivity index (χ1) is 14.8. The highest BCUT2D eigenvalue weighted by molar-refractivity contribution is 6.00. The van der Waals surface area contributed by atoms with E-state index in [1.54, 1.807) is 13.8 Å². The number of hydrazine groups is 1. The molecule has 0 aromatic heterocycles. The van der Waals surface area contributed by atoms with E-state index in [0.29, 0.717) is 42.6 Å². The Morgan fingerprint density at radius 3 is 1.84 bits per heavy atom. The fraction of sp³-hybridized carbons (Fsp3) is 0.333. The van der Waals surface area contributed by atoms with E-state index in [-0.39, 0.29) is 16.8 Å². The molecule has 0 saturated heterocycles. The van der Waals surface area contributed by atoms with Crippen LogP contribution >= 0.6 is 0 Å². The van der Waals surface area contributed by atoms with Crippen molar-refractivity contribution in [2.45, 2.75) is 27.7 Å². The summed E-state index contributed by atoms with van der Waals surface area (Å²) in [5.74, 6) is -0.132. The van der Waals surface area contributed by atoms with E-state index in [1.807, 2.05) is 6.92 Å². The molecule has 166 valence electrons. The third-order valence-electron chi connectivity index (χ3n) is 4.12. The van der Waals surface area contributed by atoms with Crippen molar-refractivity contribution < 1.29 is 28.7 Å². The first kappa shape index (κ1) is 23.5. The summed E-state index contributed by atoms with van der Waals surface area (Å²) in [6.07, 6.45) is 0. The van der Waals surface area contributed by atoms with Gasteiger partial charge in [0.2, 0.25) is 5.75 Å². The predicted octanol–water partition coefficient (Wildman–Crippen LogP) is 3.17. The second-order valence-corrected chi connectivity index (χ2v) is 6.27. The Kier molecular flexibility index (Phi) is 8.18. The number of nitro groups is 1. The molecule has 10 nitrogen and oxygen atoms in total. The quantitative estimate of drug-likeness (QED) is 0.461. The fourth-order valence-corrected chi connectivity index (χ4v) is 2.78. The number of nitrogens with one attached hydrogen (secondary N) is 2. The highest BCUT2D eigenvalue weighted by Gasteiger charge is 2.19. The van der Waals surface area contributed by atoms with Gasteiger partial charge in [-0.05, 0) is 52.0 Å². The van der Waals surface area contributed by atoms with Crippen LogP contribution in [0.15, 0.2) is 30.3 Å². The van der Waals surface area contributed by atoms with Gasteiger partial charge in [0.05, 0.1) is 24.7 Å². The molecule has 2 rings (SSSR count). The molecule has 2 amide bonds. The number of nitro benzene ring substituents is 1. The summed E-state index contributed by atoms with van der Waals surface area (Å²) >= 11 is 0. The summed E-state index contributed by atoms with van der Waals surface area (Å²) in [5, 5.41) is 10.9. The molecule has 2 aromatic carbocycles. The van der Waals surface area contributed by atoms with Gasteiger partial charge in [0.15, 0.2) is 11.5 Å². The van der Waals surface area contributed by atoms with Crippen LogP contribution in [0.2, 0.25) is 0 Å². The first-order valence-corrected chi connectivity index (χ1v) is 9.74. The summed E-state index contributed by atoms with van der Waals surface area (Å²) in [5.41, 5.74) is 5.21. The normalized spacial score (nSPS) is 10.2. The van der Waals surface area contributed by atoms with Gasteiger partial charge in [-0.2, -0.15) is 0 Å². The van der Waals surface area contributed by atoms with Crippen LogP contribution in [0.4, 0.5) is 5.69 Å². The average molecular weight is 431 g/mol. The van der Waals surface area contributed by atoms with Crippen LogP contribution in [0.5, 0.6) is 17.2 Å². The Hall–Kier alpha value is -3.82. The molecule has 0 spiro atoms. The Bertz CT molecular complexity index is 948. The van der Waals surface area contributed by atoms with Gasteiger partial charge in [-0.25, -0.2) is 0 Å². The molecule has 0 heterocycles. The van der Waals surface area contributed by atoms with Gasteiger partial charge in [-0.3, -0.25) is 30.6 Å². The monoisotopic (exact) mass is 431 g/mol. The lowest BCUT2D eigenvalue weighted by Crippen LogP contribution is -2.41. The van der Waals surface area contributed by atoms with Crippen LogP contribution in [0.1, 0.15) is 47.1 Å². The molecule has 0 fully saturated rings. The molecular weight excluding hydrogens is 406 g/mol. The number of ether oxygens (including phenoxy) is 3. The molecule has 0 aliphatic carbocycles. The van der Waals surface area contributed by atoms with Crippen molar-refractivity contribution in [3.63, 3.8) is 0 Å². The molecule has 10 heteroatoms.